The summed E-state index contributed by atoms with van der Waals surface area (Å²) in [5, 5.41) is 0. The highest BCUT2D eigenvalue weighted by Gasteiger charge is 2.43. The third kappa shape index (κ3) is 3.85. The van der Waals surface area contributed by atoms with E-state index in [0.717, 1.165) is 41.6 Å². The number of nitrogens with one attached hydrogen (secondary N) is 1. The van der Waals surface area contributed by atoms with Crippen molar-refractivity contribution >= 4 is 5.91 Å². The topological polar surface area (TPSA) is 69.3 Å². The molecule has 26 heavy (non-hydrogen) atoms. The van der Waals surface area contributed by atoms with Crippen molar-refractivity contribution in [2.45, 2.75) is 64.5 Å². The highest BCUT2D eigenvalue weighted by Crippen LogP contribution is 2.46. The predicted octanol–water partition coefficient (Wildman–Crippen LogP) is 1.90. The summed E-state index contributed by atoms with van der Waals surface area (Å²) in [6.45, 7) is 3.71. The first-order valence-electron chi connectivity index (χ1n) is 9.74. The van der Waals surface area contributed by atoms with Crippen LogP contribution in [0, 0.1) is 25.7 Å². The van der Waals surface area contributed by atoms with Gasteiger partial charge in [0, 0.05) is 36.9 Å². The first-order valence-corrected chi connectivity index (χ1v) is 9.74. The fraction of sp³-hybridized carbons (Fsp3) is 0.750. The molecule has 0 bridgehead atoms. The summed E-state index contributed by atoms with van der Waals surface area (Å²) in [5.74, 6) is 1.75. The average molecular weight is 361 g/mol. The molecule has 2 fully saturated rings. The summed E-state index contributed by atoms with van der Waals surface area (Å²) in [6.07, 6.45) is 5.95. The van der Waals surface area contributed by atoms with Gasteiger partial charge in [0.05, 0.1) is 0 Å². The second kappa shape index (κ2) is 7.51. The molecule has 0 aliphatic heterocycles. The number of rotatable bonds is 5. The van der Waals surface area contributed by atoms with Gasteiger partial charge in [-0.15, -0.1) is 0 Å². The number of nitrogens with zero attached hydrogens (tertiary/aromatic N) is 3. The lowest BCUT2D eigenvalue weighted by molar-refractivity contribution is -0.131. The van der Waals surface area contributed by atoms with E-state index in [2.05, 4.69) is 29.0 Å². The summed E-state index contributed by atoms with van der Waals surface area (Å²) in [4.78, 5) is 35.1. The largest absolute Gasteiger partial charge is 0.345 e. The molecule has 1 aromatic heterocycles. The lowest BCUT2D eigenvalue weighted by Crippen LogP contribution is -2.36. The van der Waals surface area contributed by atoms with E-state index in [1.165, 1.54) is 12.8 Å². The van der Waals surface area contributed by atoms with Crippen molar-refractivity contribution in [1.29, 1.82) is 0 Å². The molecule has 1 N–H and O–H groups in total. The van der Waals surface area contributed by atoms with Gasteiger partial charge in [-0.3, -0.25) is 4.79 Å². The second-order valence-corrected chi connectivity index (χ2v) is 8.47. The number of amides is 1. The van der Waals surface area contributed by atoms with Crippen LogP contribution in [-0.2, 0) is 11.2 Å². The molecule has 6 nitrogen and oxygen atoms in total. The Bertz CT molecular complexity index is 687. The fourth-order valence-electron chi connectivity index (χ4n) is 5.03. The van der Waals surface area contributed by atoms with E-state index < -0.39 is 0 Å². The van der Waals surface area contributed by atoms with E-state index in [1.807, 2.05) is 25.8 Å². The molecule has 2 unspecified atom stereocenters. The summed E-state index contributed by atoms with van der Waals surface area (Å²) in [6, 6.07) is 1.10. The zero-order valence-electron chi connectivity index (χ0n) is 16.7. The van der Waals surface area contributed by atoms with Crippen LogP contribution < -0.4 is 5.69 Å². The van der Waals surface area contributed by atoms with Gasteiger partial charge in [0.25, 0.3) is 0 Å². The van der Waals surface area contributed by atoms with Crippen molar-refractivity contribution in [2.24, 2.45) is 11.8 Å². The van der Waals surface area contributed by atoms with E-state index >= 15 is 0 Å². The molecule has 0 aromatic carbocycles. The average Bonchev–Trinajstić information content (AvgIpc) is 3.11. The number of carbonyl (C=O) groups excluding carboxylic acids is 1. The number of hydrogen-bond donors (Lipinski definition) is 1. The molecular weight excluding hydrogens is 328 g/mol. The Kier molecular flexibility index (Phi) is 5.51. The molecular formula is C20H32N4O2. The minimum absolute atomic E-state index is 0.198. The third-order valence-corrected chi connectivity index (χ3v) is 6.68. The number of carbonyl (C=O) groups is 1. The van der Waals surface area contributed by atoms with Crippen LogP contribution in [0.4, 0.5) is 0 Å². The van der Waals surface area contributed by atoms with Gasteiger partial charge in [0.1, 0.15) is 0 Å². The number of aryl methyl sites for hydroxylation is 2. The minimum Gasteiger partial charge on any atom is -0.343 e. The van der Waals surface area contributed by atoms with E-state index in [4.69, 9.17) is 0 Å². The Morgan fingerprint density at radius 2 is 1.65 bits per heavy atom. The number of aromatic amines is 1. The van der Waals surface area contributed by atoms with Crippen LogP contribution in [0.5, 0.6) is 0 Å². The summed E-state index contributed by atoms with van der Waals surface area (Å²) >= 11 is 0. The first-order chi connectivity index (χ1) is 12.3. The van der Waals surface area contributed by atoms with Crippen molar-refractivity contribution in [3.05, 3.63) is 27.4 Å². The summed E-state index contributed by atoms with van der Waals surface area (Å²) < 4.78 is 0. The van der Waals surface area contributed by atoms with Crippen LogP contribution in [0.15, 0.2) is 4.79 Å². The molecule has 1 amide bonds. The monoisotopic (exact) mass is 360 g/mol. The molecule has 0 saturated heterocycles. The van der Waals surface area contributed by atoms with Gasteiger partial charge in [0.2, 0.25) is 5.91 Å². The van der Waals surface area contributed by atoms with Crippen molar-refractivity contribution < 1.29 is 4.79 Å². The fourth-order valence-corrected chi connectivity index (χ4v) is 5.03. The van der Waals surface area contributed by atoms with Crippen LogP contribution in [-0.4, -0.2) is 58.9 Å². The van der Waals surface area contributed by atoms with Gasteiger partial charge in [-0.2, -0.15) is 4.98 Å². The number of aromatic nitrogens is 2. The first kappa shape index (κ1) is 19.1. The highest BCUT2D eigenvalue weighted by atomic mass is 16.2. The van der Waals surface area contributed by atoms with Crippen molar-refractivity contribution in [1.82, 2.24) is 19.8 Å². The van der Waals surface area contributed by atoms with Gasteiger partial charge in [-0.25, -0.2) is 4.79 Å². The molecule has 1 aromatic rings. The van der Waals surface area contributed by atoms with Crippen LogP contribution in [0.25, 0.3) is 0 Å². The molecule has 3 rings (SSSR count). The molecule has 2 aliphatic rings. The van der Waals surface area contributed by atoms with Crippen molar-refractivity contribution in [3.8, 4) is 0 Å². The Morgan fingerprint density at radius 3 is 2.19 bits per heavy atom. The number of fused-ring (bicyclic) bond motifs is 1. The van der Waals surface area contributed by atoms with Gasteiger partial charge in [-0.1, -0.05) is 0 Å². The normalized spacial score (nSPS) is 27.8. The molecule has 1 heterocycles. The maximum Gasteiger partial charge on any atom is 0.345 e. The van der Waals surface area contributed by atoms with E-state index in [0.29, 0.717) is 24.9 Å². The van der Waals surface area contributed by atoms with Crippen molar-refractivity contribution in [3.63, 3.8) is 0 Å². The standard InChI is InChI=1S/C20H32N4O2/c1-12-18(13(2)22-20(26)21-12)6-7-19(25)24(5)17-10-14-8-16(23(3)4)9-15(14)11-17/h14-17H,6-11H2,1-5H3,(H,21,22,26)/t14-,15+,16?,17?. The predicted molar refractivity (Wildman–Crippen MR) is 102 cm³/mol. The van der Waals surface area contributed by atoms with Gasteiger partial charge in [-0.05, 0) is 77.4 Å². The SMILES string of the molecule is Cc1nc(=O)[nH]c(C)c1CCC(=O)N(C)C1C[C@H]2CC(N(C)C)C[C@H]2C1. The molecule has 4 atom stereocenters. The molecule has 144 valence electrons. The van der Waals surface area contributed by atoms with E-state index in [9.17, 15) is 9.59 Å². The number of hydrogen-bond acceptors (Lipinski definition) is 4. The Balaban J connectivity index is 1.54. The summed E-state index contributed by atoms with van der Waals surface area (Å²) in [5.41, 5.74) is 2.22. The zero-order valence-corrected chi connectivity index (χ0v) is 16.7. The van der Waals surface area contributed by atoms with Crippen molar-refractivity contribution in [2.75, 3.05) is 21.1 Å². The smallest absolute Gasteiger partial charge is 0.343 e. The minimum atomic E-state index is -0.319. The van der Waals surface area contributed by atoms with E-state index in [-0.39, 0.29) is 11.6 Å². The van der Waals surface area contributed by atoms with Gasteiger partial charge < -0.3 is 14.8 Å². The van der Waals surface area contributed by atoms with Crippen LogP contribution in [0.3, 0.4) is 0 Å². The van der Waals surface area contributed by atoms with E-state index in [1.54, 1.807) is 0 Å². The quantitative estimate of drug-likeness (QED) is 0.871. The molecule has 0 radical (unpaired) electrons. The summed E-state index contributed by atoms with van der Waals surface area (Å²) in [7, 11) is 6.31. The highest BCUT2D eigenvalue weighted by molar-refractivity contribution is 5.76. The van der Waals surface area contributed by atoms with Gasteiger partial charge in [0.15, 0.2) is 0 Å². The van der Waals surface area contributed by atoms with Crippen LogP contribution in [0.2, 0.25) is 0 Å². The van der Waals surface area contributed by atoms with Crippen LogP contribution >= 0.6 is 0 Å². The maximum absolute atomic E-state index is 12.7. The second-order valence-electron chi connectivity index (χ2n) is 8.47. The molecule has 0 spiro atoms. The Labute approximate surface area is 156 Å². The zero-order chi connectivity index (χ0) is 19.0. The number of H-pyrrole nitrogens is 1. The van der Waals surface area contributed by atoms with Crippen LogP contribution in [0.1, 0.15) is 49.1 Å². The molecule has 2 aliphatic carbocycles. The Hall–Kier alpha value is -1.69. The molecule has 6 heteroatoms. The lowest BCUT2D eigenvalue weighted by atomic mass is 10.0. The lowest BCUT2D eigenvalue weighted by Gasteiger charge is -2.27. The molecule has 2 saturated carbocycles. The maximum atomic E-state index is 12.7. The van der Waals surface area contributed by atoms with Gasteiger partial charge >= 0.3 is 5.69 Å². The third-order valence-electron chi connectivity index (χ3n) is 6.68. The Morgan fingerprint density at radius 1 is 1.08 bits per heavy atom.